The van der Waals surface area contributed by atoms with E-state index in [9.17, 15) is 14.4 Å². The predicted octanol–water partition coefficient (Wildman–Crippen LogP) is 1.55. The van der Waals surface area contributed by atoms with E-state index in [-0.39, 0.29) is 5.57 Å². The third kappa shape index (κ3) is 41.9. The van der Waals surface area contributed by atoms with Gasteiger partial charge >= 0.3 is 17.9 Å². The van der Waals surface area contributed by atoms with E-state index in [1.54, 1.807) is 6.92 Å². The molecule has 3 N–H and O–H groups in total. The highest BCUT2D eigenvalue weighted by Gasteiger charge is 1.90. The van der Waals surface area contributed by atoms with Gasteiger partial charge in [-0.2, -0.15) is 0 Å². The van der Waals surface area contributed by atoms with Crippen LogP contribution in [0.2, 0.25) is 0 Å². The van der Waals surface area contributed by atoms with Gasteiger partial charge in [-0.25, -0.2) is 14.4 Å². The van der Waals surface area contributed by atoms with Gasteiger partial charge < -0.3 is 15.3 Å². The number of allylic oxidation sites excluding steroid dienone is 1. The van der Waals surface area contributed by atoms with Crippen molar-refractivity contribution in [2.75, 3.05) is 0 Å². The van der Waals surface area contributed by atoms with Crippen molar-refractivity contribution in [3.63, 3.8) is 0 Å². The Morgan fingerprint density at radius 1 is 1.06 bits per heavy atom. The molecule has 0 saturated heterocycles. The van der Waals surface area contributed by atoms with Gasteiger partial charge in [0.2, 0.25) is 0 Å². The Labute approximate surface area is 99.2 Å². The van der Waals surface area contributed by atoms with Gasteiger partial charge in [0, 0.05) is 17.7 Å². The van der Waals surface area contributed by atoms with Crippen LogP contribution in [0.4, 0.5) is 0 Å². The van der Waals surface area contributed by atoms with Crippen molar-refractivity contribution in [2.24, 2.45) is 0 Å². The van der Waals surface area contributed by atoms with E-state index in [2.05, 4.69) is 13.2 Å². The van der Waals surface area contributed by atoms with Crippen LogP contribution in [0, 0.1) is 0 Å². The largest absolute Gasteiger partial charge is 0.478 e. The zero-order valence-corrected chi connectivity index (χ0v) is 9.71. The number of hydrogen-bond donors (Lipinski definition) is 3. The minimum atomic E-state index is -0.981. The van der Waals surface area contributed by atoms with Crippen LogP contribution >= 0.6 is 0 Å². The number of rotatable bonds is 3. The first-order chi connectivity index (χ1) is 7.68. The summed E-state index contributed by atoms with van der Waals surface area (Å²) >= 11 is 0. The normalized spacial score (nSPS) is 7.88. The molecule has 6 nitrogen and oxygen atoms in total. The molecule has 0 aliphatic carbocycles. The van der Waals surface area contributed by atoms with Gasteiger partial charge in [0.15, 0.2) is 0 Å². The van der Waals surface area contributed by atoms with Gasteiger partial charge in [-0.1, -0.05) is 19.2 Å². The molecule has 6 heteroatoms. The van der Waals surface area contributed by atoms with Crippen molar-refractivity contribution in [3.8, 4) is 0 Å². The summed E-state index contributed by atoms with van der Waals surface area (Å²) in [4.78, 5) is 28.4. The second-order valence-corrected chi connectivity index (χ2v) is 2.47. The summed E-state index contributed by atoms with van der Waals surface area (Å²) in [5.41, 5.74) is 0.176. The van der Waals surface area contributed by atoms with Crippen molar-refractivity contribution in [2.45, 2.75) is 13.8 Å². The fourth-order valence-electron chi connectivity index (χ4n) is 0.143. The smallest absolute Gasteiger partial charge is 0.330 e. The van der Waals surface area contributed by atoms with Crippen LogP contribution in [0.3, 0.4) is 0 Å². The molecule has 0 fully saturated rings. The molecule has 0 aliphatic heterocycles. The lowest BCUT2D eigenvalue weighted by Gasteiger charge is -1.79. The summed E-state index contributed by atoms with van der Waals surface area (Å²) in [6, 6.07) is 0. The third-order valence-corrected chi connectivity index (χ3v) is 0.849. The van der Waals surface area contributed by atoms with Crippen LogP contribution in [0.5, 0.6) is 0 Å². The molecule has 0 aromatic carbocycles. The van der Waals surface area contributed by atoms with E-state index in [1.807, 2.05) is 0 Å². The zero-order chi connectivity index (χ0) is 14.4. The molecule has 17 heavy (non-hydrogen) atoms. The summed E-state index contributed by atoms with van der Waals surface area (Å²) < 4.78 is 0. The Balaban J connectivity index is -0.000000174. The van der Waals surface area contributed by atoms with Crippen molar-refractivity contribution >= 4 is 17.9 Å². The summed E-state index contributed by atoms with van der Waals surface area (Å²) in [7, 11) is 0. The molecule has 0 unspecified atom stereocenters. The van der Waals surface area contributed by atoms with Crippen LogP contribution < -0.4 is 0 Å². The molecule has 0 aromatic heterocycles. The van der Waals surface area contributed by atoms with E-state index in [0.29, 0.717) is 0 Å². The average molecular weight is 244 g/mol. The second-order valence-electron chi connectivity index (χ2n) is 2.47. The van der Waals surface area contributed by atoms with Crippen molar-refractivity contribution in [3.05, 3.63) is 37.0 Å². The Morgan fingerprint density at radius 3 is 1.35 bits per heavy atom. The number of carboxylic acids is 3. The predicted molar refractivity (Wildman–Crippen MR) is 62.7 cm³/mol. The van der Waals surface area contributed by atoms with E-state index in [0.717, 1.165) is 12.2 Å². The van der Waals surface area contributed by atoms with Crippen LogP contribution in [-0.4, -0.2) is 33.2 Å². The number of carbonyl (C=O) groups is 3. The Bertz CT molecular complexity index is 302. The van der Waals surface area contributed by atoms with Gasteiger partial charge in [-0.05, 0) is 13.8 Å². The molecular formula is C11H16O6. The van der Waals surface area contributed by atoms with E-state index >= 15 is 0 Å². The van der Waals surface area contributed by atoms with Crippen LogP contribution in [0.15, 0.2) is 37.0 Å². The minimum absolute atomic E-state index is 0.176. The first-order valence-electron chi connectivity index (χ1n) is 4.28. The summed E-state index contributed by atoms with van der Waals surface area (Å²) in [6.07, 6.45) is 3.39. The molecule has 0 saturated carbocycles. The Morgan fingerprint density at radius 2 is 1.35 bits per heavy atom. The first-order valence-corrected chi connectivity index (χ1v) is 4.28. The summed E-state index contributed by atoms with van der Waals surface area (Å²) in [6.45, 7) is 9.22. The van der Waals surface area contributed by atoms with E-state index in [1.165, 1.54) is 13.0 Å². The highest BCUT2D eigenvalue weighted by atomic mass is 16.4. The molecule has 0 radical (unpaired) electrons. The highest BCUT2D eigenvalue weighted by Crippen LogP contribution is 1.81. The van der Waals surface area contributed by atoms with E-state index < -0.39 is 17.9 Å². The molecule has 0 rings (SSSR count). The highest BCUT2D eigenvalue weighted by molar-refractivity contribution is 5.84. The second kappa shape index (κ2) is 13.6. The lowest BCUT2D eigenvalue weighted by atomic mass is 10.4. The fraction of sp³-hybridized carbons (Fsp3) is 0.182. The van der Waals surface area contributed by atoms with Crippen LogP contribution in [0.25, 0.3) is 0 Å². The summed E-state index contributed by atoms with van der Waals surface area (Å²) in [5.74, 6) is -2.81. The molecule has 0 amide bonds. The van der Waals surface area contributed by atoms with Gasteiger partial charge in [0.25, 0.3) is 0 Å². The van der Waals surface area contributed by atoms with Crippen molar-refractivity contribution in [1.82, 2.24) is 0 Å². The molecule has 0 spiro atoms. The topological polar surface area (TPSA) is 112 Å². The maximum atomic E-state index is 9.60. The van der Waals surface area contributed by atoms with Gasteiger partial charge in [0.1, 0.15) is 0 Å². The monoisotopic (exact) mass is 244 g/mol. The third-order valence-electron chi connectivity index (χ3n) is 0.849. The molecule has 0 atom stereocenters. The molecule has 0 bridgehead atoms. The van der Waals surface area contributed by atoms with Gasteiger partial charge in [0.05, 0.1) is 0 Å². The molecule has 0 aliphatic rings. The Kier molecular flexibility index (Phi) is 16.1. The lowest BCUT2D eigenvalue weighted by molar-refractivity contribution is -0.133. The SMILES string of the molecule is C/C=C/C(=O)O.C=C(C)C(=O)O.C=CC(=O)O. The van der Waals surface area contributed by atoms with Gasteiger partial charge in [-0.3, -0.25) is 0 Å². The minimum Gasteiger partial charge on any atom is -0.478 e. The maximum Gasteiger partial charge on any atom is 0.330 e. The Hall–Kier alpha value is -2.37. The average Bonchev–Trinajstić information content (AvgIpc) is 2.19. The van der Waals surface area contributed by atoms with Crippen molar-refractivity contribution in [1.29, 1.82) is 0 Å². The lowest BCUT2D eigenvalue weighted by Crippen LogP contribution is -1.92. The van der Waals surface area contributed by atoms with E-state index in [4.69, 9.17) is 15.3 Å². The molecular weight excluding hydrogens is 228 g/mol. The quantitative estimate of drug-likeness (QED) is 0.649. The first kappa shape index (κ1) is 20.1. The van der Waals surface area contributed by atoms with Crippen LogP contribution in [0.1, 0.15) is 13.8 Å². The molecule has 0 aromatic rings. The molecule has 0 heterocycles. The summed E-state index contributed by atoms with van der Waals surface area (Å²) in [5, 5.41) is 23.3. The number of hydrogen-bond acceptors (Lipinski definition) is 3. The van der Waals surface area contributed by atoms with Crippen molar-refractivity contribution < 1.29 is 29.7 Å². The fourth-order valence-corrected chi connectivity index (χ4v) is 0.143. The molecule has 96 valence electrons. The zero-order valence-electron chi connectivity index (χ0n) is 9.71. The number of aliphatic carboxylic acids is 3. The van der Waals surface area contributed by atoms with Gasteiger partial charge in [-0.15, -0.1) is 0 Å². The van der Waals surface area contributed by atoms with Crippen LogP contribution in [-0.2, 0) is 14.4 Å². The number of carboxylic acid groups (broad SMARTS) is 3. The maximum absolute atomic E-state index is 9.60. The standard InChI is InChI=1S/2C4H6O2.C3H4O2/c1-3(2)4(5)6;1-2-3-4(5)6;1-2-3(4)5/h1H2,2H3,(H,5,6);2-3H,1H3,(H,5,6);2H,1H2,(H,4,5)/b;3-2+;.